The number of hydrogen-bond donors (Lipinski definition) is 2. The molecule has 7 nitrogen and oxygen atoms in total. The van der Waals surface area contributed by atoms with Crippen molar-refractivity contribution < 1.29 is 13.2 Å². The number of carbonyl (C=O) groups excluding carboxylic acids is 1. The summed E-state index contributed by atoms with van der Waals surface area (Å²) in [7, 11) is -3.83. The van der Waals surface area contributed by atoms with Crippen molar-refractivity contribution >= 4 is 33.3 Å². The van der Waals surface area contributed by atoms with Gasteiger partial charge in [-0.2, -0.15) is 5.26 Å². The molecule has 28 heavy (non-hydrogen) atoms. The Bertz CT molecular complexity index is 1190. The number of hydrogen-bond acceptors (Lipinski definition) is 4. The van der Waals surface area contributed by atoms with E-state index < -0.39 is 10.0 Å². The standard InChI is InChI=1S/C19H15ClN4O3S/c1-12(25)23-19-17(10-21)18(13-2-4-14(20)5-3-13)11-24(19)15-6-8-16(9-7-15)28(22,26)27/h2-9,11H,1H3,(H,23,25)(H2,22,26,27). The summed E-state index contributed by atoms with van der Waals surface area (Å²) in [5.74, 6) is -0.0667. The summed E-state index contributed by atoms with van der Waals surface area (Å²) in [6.45, 7) is 1.34. The van der Waals surface area contributed by atoms with E-state index in [0.717, 1.165) is 5.56 Å². The fraction of sp³-hybridized carbons (Fsp3) is 0.0526. The molecule has 0 radical (unpaired) electrons. The van der Waals surface area contributed by atoms with Crippen molar-refractivity contribution in [2.75, 3.05) is 5.32 Å². The van der Waals surface area contributed by atoms with Crippen molar-refractivity contribution in [1.82, 2.24) is 4.57 Å². The van der Waals surface area contributed by atoms with Gasteiger partial charge in [-0.25, -0.2) is 13.6 Å². The highest BCUT2D eigenvalue weighted by atomic mass is 35.5. The molecule has 1 amide bonds. The van der Waals surface area contributed by atoms with E-state index >= 15 is 0 Å². The molecule has 1 heterocycles. The Morgan fingerprint density at radius 2 is 1.75 bits per heavy atom. The van der Waals surface area contributed by atoms with E-state index in [1.54, 1.807) is 35.0 Å². The third kappa shape index (κ3) is 3.92. The number of anilines is 1. The van der Waals surface area contributed by atoms with E-state index in [4.69, 9.17) is 16.7 Å². The van der Waals surface area contributed by atoms with Gasteiger partial charge in [0, 0.05) is 29.4 Å². The molecule has 0 saturated carbocycles. The highest BCUT2D eigenvalue weighted by Crippen LogP contribution is 2.34. The lowest BCUT2D eigenvalue weighted by Crippen LogP contribution is -2.13. The molecule has 0 aliphatic carbocycles. The smallest absolute Gasteiger partial charge is 0.238 e. The molecule has 0 aliphatic rings. The number of sulfonamides is 1. The zero-order chi connectivity index (χ0) is 20.5. The molecule has 142 valence electrons. The number of nitriles is 1. The van der Waals surface area contributed by atoms with Gasteiger partial charge >= 0.3 is 0 Å². The second-order valence-electron chi connectivity index (χ2n) is 5.98. The van der Waals surface area contributed by atoms with Crippen LogP contribution in [0.2, 0.25) is 5.02 Å². The van der Waals surface area contributed by atoms with Crippen LogP contribution in [0.25, 0.3) is 16.8 Å². The topological polar surface area (TPSA) is 118 Å². The van der Waals surface area contributed by atoms with Crippen LogP contribution in [0, 0.1) is 11.3 Å². The van der Waals surface area contributed by atoms with E-state index in [-0.39, 0.29) is 22.2 Å². The minimum atomic E-state index is -3.83. The molecule has 0 fully saturated rings. The molecule has 0 bridgehead atoms. The Balaban J connectivity index is 2.21. The number of rotatable bonds is 4. The minimum Gasteiger partial charge on any atom is -0.311 e. The average molecular weight is 415 g/mol. The predicted octanol–water partition coefficient (Wildman–Crippen LogP) is 3.28. The van der Waals surface area contributed by atoms with Crippen LogP contribution in [0.4, 0.5) is 5.82 Å². The Labute approximate surface area is 167 Å². The monoisotopic (exact) mass is 414 g/mol. The first kappa shape index (κ1) is 19.6. The summed E-state index contributed by atoms with van der Waals surface area (Å²) in [6.07, 6.45) is 1.69. The predicted molar refractivity (Wildman–Crippen MR) is 107 cm³/mol. The highest BCUT2D eigenvalue weighted by Gasteiger charge is 2.19. The molecule has 0 saturated heterocycles. The van der Waals surface area contributed by atoms with Gasteiger partial charge in [0.05, 0.1) is 4.90 Å². The lowest BCUT2D eigenvalue weighted by molar-refractivity contribution is -0.114. The number of benzene rings is 2. The minimum absolute atomic E-state index is 0.0390. The molecular weight excluding hydrogens is 400 g/mol. The zero-order valence-corrected chi connectivity index (χ0v) is 16.3. The first-order valence-electron chi connectivity index (χ1n) is 8.03. The maximum Gasteiger partial charge on any atom is 0.238 e. The fourth-order valence-electron chi connectivity index (χ4n) is 2.76. The summed E-state index contributed by atoms with van der Waals surface area (Å²) in [6, 6.07) is 14.9. The molecule has 3 N–H and O–H groups in total. The van der Waals surface area contributed by atoms with E-state index in [9.17, 15) is 18.5 Å². The number of carbonyl (C=O) groups is 1. The molecule has 0 aliphatic heterocycles. The lowest BCUT2D eigenvalue weighted by Gasteiger charge is -2.10. The summed E-state index contributed by atoms with van der Waals surface area (Å²) in [5.41, 5.74) is 2.16. The Kier molecular flexibility index (Phi) is 5.25. The quantitative estimate of drug-likeness (QED) is 0.680. The van der Waals surface area contributed by atoms with Crippen molar-refractivity contribution in [2.24, 2.45) is 5.14 Å². The third-order valence-electron chi connectivity index (χ3n) is 4.01. The Morgan fingerprint density at radius 1 is 1.14 bits per heavy atom. The van der Waals surface area contributed by atoms with Crippen LogP contribution in [-0.4, -0.2) is 18.9 Å². The normalized spacial score (nSPS) is 11.1. The van der Waals surface area contributed by atoms with Crippen molar-refractivity contribution in [3.8, 4) is 22.9 Å². The van der Waals surface area contributed by atoms with Gasteiger partial charge < -0.3 is 9.88 Å². The van der Waals surface area contributed by atoms with Gasteiger partial charge in [-0.1, -0.05) is 23.7 Å². The molecule has 1 aromatic heterocycles. The van der Waals surface area contributed by atoms with Crippen molar-refractivity contribution in [1.29, 1.82) is 5.26 Å². The summed E-state index contributed by atoms with van der Waals surface area (Å²) < 4.78 is 24.5. The first-order chi connectivity index (χ1) is 13.2. The SMILES string of the molecule is CC(=O)Nc1c(C#N)c(-c2ccc(Cl)cc2)cn1-c1ccc(S(N)(=O)=O)cc1. The molecule has 0 spiro atoms. The second-order valence-corrected chi connectivity index (χ2v) is 7.97. The maximum absolute atomic E-state index is 11.7. The maximum atomic E-state index is 11.7. The van der Waals surface area contributed by atoms with Crippen LogP contribution in [0.3, 0.4) is 0 Å². The largest absolute Gasteiger partial charge is 0.311 e. The van der Waals surface area contributed by atoms with Gasteiger partial charge in [0.25, 0.3) is 0 Å². The number of nitrogens with zero attached hydrogens (tertiary/aromatic N) is 2. The summed E-state index contributed by atoms with van der Waals surface area (Å²) in [5, 5.41) is 18.1. The van der Waals surface area contributed by atoms with Gasteiger partial charge in [0.1, 0.15) is 17.5 Å². The molecule has 0 unspecified atom stereocenters. The van der Waals surface area contributed by atoms with E-state index in [1.165, 1.54) is 31.2 Å². The Hall–Kier alpha value is -3.12. The van der Waals surface area contributed by atoms with E-state index in [0.29, 0.717) is 16.3 Å². The highest BCUT2D eigenvalue weighted by molar-refractivity contribution is 7.89. The second kappa shape index (κ2) is 7.48. The molecule has 9 heteroatoms. The average Bonchev–Trinajstić information content (AvgIpc) is 2.99. The molecule has 0 atom stereocenters. The van der Waals surface area contributed by atoms with Gasteiger partial charge in [-0.3, -0.25) is 4.79 Å². The van der Waals surface area contributed by atoms with Crippen LogP contribution in [0.15, 0.2) is 59.6 Å². The van der Waals surface area contributed by atoms with Gasteiger partial charge in [-0.05, 0) is 42.0 Å². The number of nitrogens with one attached hydrogen (secondary N) is 1. The summed E-state index contributed by atoms with van der Waals surface area (Å²) >= 11 is 5.94. The van der Waals surface area contributed by atoms with E-state index in [2.05, 4.69) is 11.4 Å². The van der Waals surface area contributed by atoms with Crippen molar-refractivity contribution in [3.05, 3.63) is 65.3 Å². The molecule has 2 aromatic carbocycles. The van der Waals surface area contributed by atoms with Gasteiger partial charge in [0.2, 0.25) is 15.9 Å². The Morgan fingerprint density at radius 3 is 2.25 bits per heavy atom. The van der Waals surface area contributed by atoms with Crippen LogP contribution >= 0.6 is 11.6 Å². The van der Waals surface area contributed by atoms with Crippen LogP contribution < -0.4 is 10.5 Å². The molecular formula is C19H15ClN4O3S. The number of nitrogens with two attached hydrogens (primary N) is 1. The fourth-order valence-corrected chi connectivity index (χ4v) is 3.40. The lowest BCUT2D eigenvalue weighted by atomic mass is 10.1. The van der Waals surface area contributed by atoms with Gasteiger partial charge in [0.15, 0.2) is 0 Å². The van der Waals surface area contributed by atoms with Crippen molar-refractivity contribution in [2.45, 2.75) is 11.8 Å². The van der Waals surface area contributed by atoms with Crippen LogP contribution in [0.1, 0.15) is 12.5 Å². The third-order valence-corrected chi connectivity index (χ3v) is 5.19. The van der Waals surface area contributed by atoms with Crippen LogP contribution in [0.5, 0.6) is 0 Å². The number of halogens is 1. The van der Waals surface area contributed by atoms with Crippen molar-refractivity contribution in [3.63, 3.8) is 0 Å². The van der Waals surface area contributed by atoms with Crippen LogP contribution in [-0.2, 0) is 14.8 Å². The zero-order valence-electron chi connectivity index (χ0n) is 14.7. The summed E-state index contributed by atoms with van der Waals surface area (Å²) in [4.78, 5) is 11.7. The first-order valence-corrected chi connectivity index (χ1v) is 9.95. The number of primary sulfonamides is 1. The van der Waals surface area contributed by atoms with E-state index in [1.807, 2.05) is 0 Å². The number of amides is 1. The molecule has 3 aromatic rings. The molecule has 3 rings (SSSR count). The van der Waals surface area contributed by atoms with Gasteiger partial charge in [-0.15, -0.1) is 0 Å². The number of aromatic nitrogens is 1.